The third kappa shape index (κ3) is 2.64. The van der Waals surface area contributed by atoms with Crippen molar-refractivity contribution in [1.82, 2.24) is 0 Å². The van der Waals surface area contributed by atoms with Gasteiger partial charge in [0.25, 0.3) is 0 Å². The fraction of sp³-hybridized carbons (Fsp3) is 0.500. The molecule has 18 heavy (non-hydrogen) atoms. The summed E-state index contributed by atoms with van der Waals surface area (Å²) in [5.41, 5.74) is -0.327. The molecule has 0 aliphatic heterocycles. The minimum atomic E-state index is -0.831. The number of hydrogen-bond donors (Lipinski definition) is 0. The van der Waals surface area contributed by atoms with Crippen molar-refractivity contribution in [2.45, 2.75) is 25.9 Å². The predicted octanol–water partition coefficient (Wildman–Crippen LogP) is 2.70. The highest BCUT2D eigenvalue weighted by Crippen LogP contribution is 2.30. The van der Waals surface area contributed by atoms with E-state index in [-0.39, 0.29) is 5.78 Å². The van der Waals surface area contributed by atoms with Crippen LogP contribution >= 0.6 is 0 Å². The molecule has 0 aromatic heterocycles. The molecule has 0 saturated heterocycles. The summed E-state index contributed by atoms with van der Waals surface area (Å²) < 4.78 is 15.7. The minimum Gasteiger partial charge on any atom is -0.497 e. The van der Waals surface area contributed by atoms with E-state index in [1.165, 1.54) is 14.2 Å². The second-order valence-corrected chi connectivity index (χ2v) is 4.18. The summed E-state index contributed by atoms with van der Waals surface area (Å²) in [5.74, 6) is 1.06. The Morgan fingerprint density at radius 2 is 1.89 bits per heavy atom. The van der Waals surface area contributed by atoms with Crippen LogP contribution in [0.1, 0.15) is 30.6 Å². The first kappa shape index (κ1) is 14.5. The number of hydrogen-bond acceptors (Lipinski definition) is 4. The molecule has 0 aliphatic carbocycles. The third-order valence-corrected chi connectivity index (χ3v) is 3.26. The third-order valence-electron chi connectivity index (χ3n) is 3.26. The lowest BCUT2D eigenvalue weighted by Crippen LogP contribution is -2.36. The number of carbonyl (C=O) groups excluding carboxylic acids is 1. The molecule has 0 spiro atoms. The molecule has 0 fully saturated rings. The molecule has 0 aliphatic rings. The first-order valence-electron chi connectivity index (χ1n) is 5.84. The highest BCUT2D eigenvalue weighted by atomic mass is 16.5. The van der Waals surface area contributed by atoms with Crippen molar-refractivity contribution in [3.05, 3.63) is 23.8 Å². The SMILES string of the molecule is CCC(C)(OC)C(=O)c1ccc(OC)cc1OC. The van der Waals surface area contributed by atoms with E-state index >= 15 is 0 Å². The van der Waals surface area contributed by atoms with Crippen LogP contribution in [-0.4, -0.2) is 32.7 Å². The van der Waals surface area contributed by atoms with Crippen molar-refractivity contribution < 1.29 is 19.0 Å². The molecule has 1 aromatic rings. The van der Waals surface area contributed by atoms with Gasteiger partial charge in [0, 0.05) is 13.2 Å². The highest BCUT2D eigenvalue weighted by Gasteiger charge is 2.33. The molecule has 4 heteroatoms. The van der Waals surface area contributed by atoms with E-state index in [1.54, 1.807) is 32.2 Å². The van der Waals surface area contributed by atoms with Gasteiger partial charge in [-0.3, -0.25) is 4.79 Å². The molecule has 1 aromatic carbocycles. The molecular formula is C14H20O4. The topological polar surface area (TPSA) is 44.8 Å². The molecule has 0 amide bonds. The lowest BCUT2D eigenvalue weighted by atomic mass is 9.91. The number of methoxy groups -OCH3 is 3. The Hall–Kier alpha value is -1.55. The van der Waals surface area contributed by atoms with Crippen LogP contribution in [0.4, 0.5) is 0 Å². The van der Waals surface area contributed by atoms with Crippen LogP contribution in [0, 0.1) is 0 Å². The summed E-state index contributed by atoms with van der Waals surface area (Å²) in [6.07, 6.45) is 0.595. The Morgan fingerprint density at radius 1 is 1.22 bits per heavy atom. The van der Waals surface area contributed by atoms with Gasteiger partial charge in [0.1, 0.15) is 17.1 Å². The molecule has 100 valence electrons. The monoisotopic (exact) mass is 252 g/mol. The van der Waals surface area contributed by atoms with Gasteiger partial charge >= 0.3 is 0 Å². The van der Waals surface area contributed by atoms with Crippen LogP contribution < -0.4 is 9.47 Å². The molecule has 1 rings (SSSR count). The molecule has 1 atom stereocenters. The molecule has 0 bridgehead atoms. The molecular weight excluding hydrogens is 232 g/mol. The van der Waals surface area contributed by atoms with Gasteiger partial charge < -0.3 is 14.2 Å². The molecule has 0 heterocycles. The number of rotatable bonds is 6. The maximum atomic E-state index is 12.5. The van der Waals surface area contributed by atoms with Crippen LogP contribution in [0.15, 0.2) is 18.2 Å². The largest absolute Gasteiger partial charge is 0.497 e. The van der Waals surface area contributed by atoms with Gasteiger partial charge in [-0.15, -0.1) is 0 Å². The lowest BCUT2D eigenvalue weighted by molar-refractivity contribution is 0.0104. The molecule has 0 radical (unpaired) electrons. The first-order valence-corrected chi connectivity index (χ1v) is 5.84. The Labute approximate surface area is 108 Å². The van der Waals surface area contributed by atoms with Crippen LogP contribution in [0.25, 0.3) is 0 Å². The second kappa shape index (κ2) is 5.87. The van der Waals surface area contributed by atoms with Crippen LogP contribution in [0.2, 0.25) is 0 Å². The summed E-state index contributed by atoms with van der Waals surface area (Å²) in [4.78, 5) is 12.5. The van der Waals surface area contributed by atoms with Crippen LogP contribution in [0.5, 0.6) is 11.5 Å². The quantitative estimate of drug-likeness (QED) is 0.730. The summed E-state index contributed by atoms with van der Waals surface area (Å²) >= 11 is 0. The Kier molecular flexibility index (Phi) is 4.73. The van der Waals surface area contributed by atoms with Crippen molar-refractivity contribution in [3.63, 3.8) is 0 Å². The number of ether oxygens (including phenoxy) is 3. The van der Waals surface area contributed by atoms with E-state index in [9.17, 15) is 4.79 Å². The van der Waals surface area contributed by atoms with Crippen molar-refractivity contribution >= 4 is 5.78 Å². The zero-order valence-electron chi connectivity index (χ0n) is 11.6. The van der Waals surface area contributed by atoms with Gasteiger partial charge in [-0.25, -0.2) is 0 Å². The number of carbonyl (C=O) groups is 1. The second-order valence-electron chi connectivity index (χ2n) is 4.18. The summed E-state index contributed by atoms with van der Waals surface area (Å²) in [6.45, 7) is 3.69. The average Bonchev–Trinajstić information content (AvgIpc) is 2.44. The van der Waals surface area contributed by atoms with Gasteiger partial charge in [0.15, 0.2) is 5.78 Å². The van der Waals surface area contributed by atoms with E-state index in [1.807, 2.05) is 6.92 Å². The van der Waals surface area contributed by atoms with Gasteiger partial charge in [-0.1, -0.05) is 6.92 Å². The normalized spacial score (nSPS) is 13.8. The van der Waals surface area contributed by atoms with Gasteiger partial charge in [-0.2, -0.15) is 0 Å². The number of ketones is 1. The molecule has 0 saturated carbocycles. The van der Waals surface area contributed by atoms with Crippen molar-refractivity contribution in [2.75, 3.05) is 21.3 Å². The van der Waals surface area contributed by atoms with E-state index < -0.39 is 5.60 Å². The average molecular weight is 252 g/mol. The molecule has 0 N–H and O–H groups in total. The smallest absolute Gasteiger partial charge is 0.198 e. The summed E-state index contributed by atoms with van der Waals surface area (Å²) in [5, 5.41) is 0. The predicted molar refractivity (Wildman–Crippen MR) is 69.6 cm³/mol. The Bertz CT molecular complexity index is 422. The van der Waals surface area contributed by atoms with Gasteiger partial charge in [0.2, 0.25) is 0 Å². The lowest BCUT2D eigenvalue weighted by Gasteiger charge is -2.25. The zero-order chi connectivity index (χ0) is 13.8. The van der Waals surface area contributed by atoms with Crippen LogP contribution in [0.3, 0.4) is 0 Å². The minimum absolute atomic E-state index is 0.0907. The van der Waals surface area contributed by atoms with Crippen LogP contribution in [-0.2, 0) is 4.74 Å². The van der Waals surface area contributed by atoms with E-state index in [4.69, 9.17) is 14.2 Å². The maximum Gasteiger partial charge on any atom is 0.198 e. The zero-order valence-corrected chi connectivity index (χ0v) is 11.6. The van der Waals surface area contributed by atoms with E-state index in [0.29, 0.717) is 23.5 Å². The number of benzene rings is 1. The summed E-state index contributed by atoms with van der Waals surface area (Å²) in [7, 11) is 4.64. The maximum absolute atomic E-state index is 12.5. The van der Waals surface area contributed by atoms with Crippen molar-refractivity contribution in [1.29, 1.82) is 0 Å². The first-order chi connectivity index (χ1) is 8.52. The van der Waals surface area contributed by atoms with Crippen molar-refractivity contribution in [2.24, 2.45) is 0 Å². The molecule has 1 unspecified atom stereocenters. The fourth-order valence-corrected chi connectivity index (χ4v) is 1.67. The Morgan fingerprint density at radius 3 is 2.33 bits per heavy atom. The van der Waals surface area contributed by atoms with E-state index in [2.05, 4.69) is 0 Å². The Balaban J connectivity index is 3.20. The fourth-order valence-electron chi connectivity index (χ4n) is 1.67. The highest BCUT2D eigenvalue weighted by molar-refractivity contribution is 6.04. The summed E-state index contributed by atoms with van der Waals surface area (Å²) in [6, 6.07) is 5.13. The standard InChI is InChI=1S/C14H20O4/c1-6-14(2,18-5)13(15)11-8-7-10(16-3)9-12(11)17-4/h7-9H,6H2,1-5H3. The van der Waals surface area contributed by atoms with Gasteiger partial charge in [-0.05, 0) is 25.5 Å². The van der Waals surface area contributed by atoms with Crippen molar-refractivity contribution in [3.8, 4) is 11.5 Å². The van der Waals surface area contributed by atoms with E-state index in [0.717, 1.165) is 0 Å². The molecule has 4 nitrogen and oxygen atoms in total. The van der Waals surface area contributed by atoms with Gasteiger partial charge in [0.05, 0.1) is 19.8 Å². The number of Topliss-reactive ketones (excluding diaryl/α,β-unsaturated/α-hetero) is 1.